The number of halogens is 1. The minimum atomic E-state index is -2.29. The van der Waals surface area contributed by atoms with Gasteiger partial charge >= 0.3 is 6.09 Å². The van der Waals surface area contributed by atoms with Gasteiger partial charge in [0.25, 0.3) is 5.91 Å². The Hall–Kier alpha value is -5.34. The Bertz CT molecular complexity index is 2280. The molecule has 0 aliphatic carbocycles. The lowest BCUT2D eigenvalue weighted by molar-refractivity contribution is -0.132. The van der Waals surface area contributed by atoms with Gasteiger partial charge < -0.3 is 39.3 Å². The second kappa shape index (κ2) is 18.3. The molecule has 0 aliphatic rings. The van der Waals surface area contributed by atoms with E-state index >= 15 is 0 Å². The van der Waals surface area contributed by atoms with Crippen LogP contribution < -0.4 is 25.7 Å². The molecule has 0 bridgehead atoms. The van der Waals surface area contributed by atoms with E-state index in [1.54, 1.807) is 49.4 Å². The Morgan fingerprint density at radius 2 is 1.72 bits per heavy atom. The number of aromatic nitrogens is 1. The highest BCUT2D eigenvalue weighted by Crippen LogP contribution is 2.41. The molecule has 5 rings (SSSR count). The Morgan fingerprint density at radius 3 is 2.40 bits per heavy atom. The Labute approximate surface area is 338 Å². The predicted octanol–water partition coefficient (Wildman–Crippen LogP) is 8.59. The average Bonchev–Trinajstić information content (AvgIpc) is 3.16. The first kappa shape index (κ1) is 42.8. The van der Waals surface area contributed by atoms with Crippen molar-refractivity contribution in [3.63, 3.8) is 0 Å². The molecule has 0 spiro atoms. The quantitative estimate of drug-likeness (QED) is 0.0615. The number of ether oxygens (including phenoxy) is 2. The molecule has 1 atom stereocenters. The van der Waals surface area contributed by atoms with Crippen LogP contribution in [0.1, 0.15) is 43.6 Å². The number of aromatic amines is 1. The maximum atomic E-state index is 13.1. The molecule has 0 aliphatic heterocycles. The lowest BCUT2D eigenvalue weighted by Crippen LogP contribution is -2.43. The van der Waals surface area contributed by atoms with Crippen LogP contribution in [0.4, 0.5) is 10.5 Å². The number of nitrogens with zero attached hydrogens (tertiary/aromatic N) is 1. The lowest BCUT2D eigenvalue weighted by Gasteiger charge is -2.39. The number of fused-ring (bicyclic) bond motifs is 1. The number of benzene rings is 4. The number of phenolic OH excluding ortho intramolecular Hbond substituents is 1. The molecule has 12 nitrogen and oxygen atoms in total. The second-order valence-corrected chi connectivity index (χ2v) is 20.6. The van der Waals surface area contributed by atoms with Crippen molar-refractivity contribution < 1.29 is 33.7 Å². The van der Waals surface area contributed by atoms with Crippen molar-refractivity contribution in [2.75, 3.05) is 39.2 Å². The predicted molar refractivity (Wildman–Crippen MR) is 227 cm³/mol. The third kappa shape index (κ3) is 10.7. The van der Waals surface area contributed by atoms with Crippen LogP contribution in [0.2, 0.25) is 23.2 Å². The molecule has 5 N–H and O–H groups in total. The Balaban J connectivity index is 1.23. The number of hydrogen-bond donors (Lipinski definition) is 5. The van der Waals surface area contributed by atoms with Crippen molar-refractivity contribution in [3.05, 3.63) is 117 Å². The standard InChI is InChI=1S/C43H51ClN4O8Si/c1-43(2,3)57(6,7)56-38(31-15-17-35(49)41-32(31)16-18-39(50)47-41)25-45-24-29-22-33(44)37(23-36(29)54-5)55-26-40(51)48(4)20-19-27-13-14-30(28-11-9-8-10-12-28)34(21-27)46-42(52)53/h8-18,21-23,38,45-46,49H,19-20,24-26H2,1-7H3,(H,47,50)(H,52,53)/t38-/m1/s1. The number of methoxy groups -OCH3 is 1. The van der Waals surface area contributed by atoms with Crippen molar-refractivity contribution in [2.45, 2.75) is 58.0 Å². The summed E-state index contributed by atoms with van der Waals surface area (Å²) in [7, 11) is 0.941. The lowest BCUT2D eigenvalue weighted by atomic mass is 10.00. The molecule has 5 aromatic rings. The largest absolute Gasteiger partial charge is 0.506 e. The van der Waals surface area contributed by atoms with Crippen LogP contribution in [0.3, 0.4) is 0 Å². The summed E-state index contributed by atoms with van der Waals surface area (Å²) in [4.78, 5) is 41.0. The molecule has 57 heavy (non-hydrogen) atoms. The van der Waals surface area contributed by atoms with Gasteiger partial charge in [-0.2, -0.15) is 0 Å². The fraction of sp³-hybridized carbons (Fsp3) is 0.326. The molecule has 1 heterocycles. The van der Waals surface area contributed by atoms with E-state index in [1.807, 2.05) is 48.5 Å². The number of hydrogen-bond acceptors (Lipinski definition) is 8. The number of carboxylic acid groups (broad SMARTS) is 1. The number of aromatic hydroxyl groups is 1. The SMILES string of the molecule is COc1cc(OCC(=O)N(C)CCc2ccc(-c3ccccc3)c(NC(=O)O)c2)c(Cl)cc1CNC[C@@H](O[Si](C)(C)C(C)(C)C)c1ccc(O)c2[nH]c(=O)ccc12. The zero-order valence-electron chi connectivity index (χ0n) is 33.4. The number of pyridine rings is 1. The number of nitrogens with one attached hydrogen (secondary N) is 3. The molecule has 14 heteroatoms. The highest BCUT2D eigenvalue weighted by Gasteiger charge is 2.39. The van der Waals surface area contributed by atoms with Crippen molar-refractivity contribution in [2.24, 2.45) is 0 Å². The molecule has 0 saturated carbocycles. The van der Waals surface area contributed by atoms with Gasteiger partial charge in [-0.05, 0) is 65.5 Å². The van der Waals surface area contributed by atoms with Crippen molar-refractivity contribution in [1.29, 1.82) is 0 Å². The van der Waals surface area contributed by atoms with Gasteiger partial charge in [0.15, 0.2) is 14.9 Å². The molecule has 2 amide bonds. The number of carbonyl (C=O) groups excluding carboxylic acids is 1. The maximum Gasteiger partial charge on any atom is 0.409 e. The van der Waals surface area contributed by atoms with Crippen LogP contribution in [-0.2, 0) is 22.2 Å². The number of amides is 2. The van der Waals surface area contributed by atoms with Gasteiger partial charge in [0, 0.05) is 55.3 Å². The average molecular weight is 815 g/mol. The summed E-state index contributed by atoms with van der Waals surface area (Å²) in [6, 6.07) is 25.0. The summed E-state index contributed by atoms with van der Waals surface area (Å²) in [5.74, 6) is 0.529. The van der Waals surface area contributed by atoms with Gasteiger partial charge in [-0.3, -0.25) is 14.9 Å². The van der Waals surface area contributed by atoms with Crippen LogP contribution in [0.25, 0.3) is 22.0 Å². The fourth-order valence-corrected chi connectivity index (χ4v) is 7.66. The molecule has 302 valence electrons. The van der Waals surface area contributed by atoms with Crippen LogP contribution in [0.15, 0.2) is 89.7 Å². The maximum absolute atomic E-state index is 13.1. The first-order valence-electron chi connectivity index (χ1n) is 18.6. The highest BCUT2D eigenvalue weighted by atomic mass is 35.5. The Morgan fingerprint density at radius 1 is 0.982 bits per heavy atom. The molecule has 0 radical (unpaired) electrons. The first-order chi connectivity index (χ1) is 27.0. The van der Waals surface area contributed by atoms with Crippen molar-refractivity contribution >= 4 is 48.5 Å². The van der Waals surface area contributed by atoms with E-state index in [2.05, 4.69) is 49.5 Å². The topological polar surface area (TPSA) is 162 Å². The van der Waals surface area contributed by atoms with Gasteiger partial charge in [0.05, 0.1) is 29.4 Å². The summed E-state index contributed by atoms with van der Waals surface area (Å²) >= 11 is 6.69. The fourth-order valence-electron chi connectivity index (χ4n) is 6.15. The molecule has 4 aromatic carbocycles. The van der Waals surface area contributed by atoms with E-state index in [0.29, 0.717) is 59.2 Å². The Kier molecular flexibility index (Phi) is 13.7. The zero-order chi connectivity index (χ0) is 41.5. The summed E-state index contributed by atoms with van der Waals surface area (Å²) in [6.07, 6.45) is -1.08. The summed E-state index contributed by atoms with van der Waals surface area (Å²) in [5, 5.41) is 26.9. The smallest absolute Gasteiger partial charge is 0.409 e. The van der Waals surface area contributed by atoms with Gasteiger partial charge in [-0.25, -0.2) is 4.79 Å². The highest BCUT2D eigenvalue weighted by molar-refractivity contribution is 6.74. The normalized spacial score (nSPS) is 12.3. The molecule has 0 fully saturated rings. The zero-order valence-corrected chi connectivity index (χ0v) is 35.1. The van der Waals surface area contributed by atoms with Gasteiger partial charge in [0.2, 0.25) is 5.56 Å². The summed E-state index contributed by atoms with van der Waals surface area (Å²) in [6.45, 7) is 11.7. The van der Waals surface area contributed by atoms with E-state index in [9.17, 15) is 24.6 Å². The van der Waals surface area contributed by atoms with Crippen LogP contribution in [0.5, 0.6) is 17.2 Å². The van der Waals surface area contributed by atoms with Crippen molar-refractivity contribution in [3.8, 4) is 28.4 Å². The summed E-state index contributed by atoms with van der Waals surface area (Å²) in [5.41, 5.74) is 4.62. The minimum Gasteiger partial charge on any atom is -0.506 e. The monoisotopic (exact) mass is 814 g/mol. The van der Waals surface area contributed by atoms with E-state index < -0.39 is 20.5 Å². The van der Waals surface area contributed by atoms with Crippen molar-refractivity contribution in [1.82, 2.24) is 15.2 Å². The van der Waals surface area contributed by atoms with Crippen LogP contribution in [0, 0.1) is 0 Å². The van der Waals surface area contributed by atoms with Gasteiger partial charge in [-0.1, -0.05) is 80.9 Å². The van der Waals surface area contributed by atoms with Crippen LogP contribution >= 0.6 is 11.6 Å². The number of carbonyl (C=O) groups is 2. The number of likely N-dealkylation sites (N-methyl/N-ethyl adjacent to an activating group) is 1. The summed E-state index contributed by atoms with van der Waals surface area (Å²) < 4.78 is 18.5. The van der Waals surface area contributed by atoms with Gasteiger partial charge in [-0.15, -0.1) is 0 Å². The molecular weight excluding hydrogens is 764 g/mol. The number of anilines is 1. The molecule has 1 aromatic heterocycles. The molecular formula is C43H51ClN4O8Si. The van der Waals surface area contributed by atoms with E-state index in [0.717, 1.165) is 27.8 Å². The third-order valence-corrected chi connectivity index (χ3v) is 15.2. The first-order valence-corrected chi connectivity index (χ1v) is 21.9. The van der Waals surface area contributed by atoms with E-state index in [-0.39, 0.29) is 28.9 Å². The molecule has 0 unspecified atom stereocenters. The number of H-pyrrole nitrogens is 1. The minimum absolute atomic E-state index is 0.0173. The number of rotatable bonds is 16. The van der Waals surface area contributed by atoms with Crippen LogP contribution in [-0.4, -0.2) is 74.3 Å². The second-order valence-electron chi connectivity index (χ2n) is 15.4. The third-order valence-electron chi connectivity index (χ3n) is 10.4. The van der Waals surface area contributed by atoms with E-state index in [4.69, 9.17) is 25.5 Å². The van der Waals surface area contributed by atoms with E-state index in [1.165, 1.54) is 6.07 Å². The van der Waals surface area contributed by atoms with Gasteiger partial charge in [0.1, 0.15) is 17.2 Å². The molecule has 0 saturated heterocycles. The number of phenols is 1.